The molecule has 0 unspecified atom stereocenters. The van der Waals surface area contributed by atoms with Gasteiger partial charge in [0.1, 0.15) is 0 Å². The number of non-ortho nitro benzene ring substituents is 1. The lowest BCUT2D eigenvalue weighted by molar-refractivity contribution is -0.384. The highest BCUT2D eigenvalue weighted by Gasteiger charge is 2.32. The zero-order valence-electron chi connectivity index (χ0n) is 12.3. The second-order valence-corrected chi connectivity index (χ2v) is 6.07. The molecule has 4 nitrogen and oxygen atoms in total. The van der Waals surface area contributed by atoms with Crippen LogP contribution in [0.2, 0.25) is 5.02 Å². The number of halogens is 4. The van der Waals surface area contributed by atoms with Crippen LogP contribution in [0.15, 0.2) is 36.4 Å². The van der Waals surface area contributed by atoms with Gasteiger partial charge in [0.15, 0.2) is 0 Å². The lowest BCUT2D eigenvalue weighted by atomic mass is 10.1. The Morgan fingerprint density at radius 3 is 2.46 bits per heavy atom. The van der Waals surface area contributed by atoms with Crippen molar-refractivity contribution in [1.82, 2.24) is 4.90 Å². The van der Waals surface area contributed by atoms with Crippen molar-refractivity contribution in [3.63, 3.8) is 0 Å². The Morgan fingerprint density at radius 1 is 1.12 bits per heavy atom. The van der Waals surface area contributed by atoms with Crippen LogP contribution >= 0.6 is 11.6 Å². The zero-order chi connectivity index (χ0) is 17.5. The highest BCUT2D eigenvalue weighted by atomic mass is 35.5. The molecule has 0 spiro atoms. The van der Waals surface area contributed by atoms with Gasteiger partial charge in [0.05, 0.1) is 15.5 Å². The van der Waals surface area contributed by atoms with Crippen LogP contribution in [0, 0.1) is 10.1 Å². The quantitative estimate of drug-likeness (QED) is 0.587. The summed E-state index contributed by atoms with van der Waals surface area (Å²) in [4.78, 5) is 12.1. The fraction of sp³-hybridized carbons (Fsp3) is 0.250. The number of nitrogens with zero attached hydrogens (tertiary/aromatic N) is 2. The molecule has 24 heavy (non-hydrogen) atoms. The van der Waals surface area contributed by atoms with Crippen molar-refractivity contribution in [2.75, 3.05) is 0 Å². The SMILES string of the molecule is O=[N+]([O-])c1ccc(CN2Cc3ccc(C(F)(F)F)cc3C2)c(Cl)c1. The minimum atomic E-state index is -4.36. The summed E-state index contributed by atoms with van der Waals surface area (Å²) in [6.45, 7) is 1.31. The predicted octanol–water partition coefficient (Wildman–Crippen LogP) is 4.78. The molecule has 0 N–H and O–H groups in total. The van der Waals surface area contributed by atoms with E-state index in [0.29, 0.717) is 30.8 Å². The van der Waals surface area contributed by atoms with E-state index in [2.05, 4.69) is 0 Å². The molecule has 0 fully saturated rings. The number of benzene rings is 2. The first kappa shape index (κ1) is 16.7. The van der Waals surface area contributed by atoms with Crippen molar-refractivity contribution in [3.8, 4) is 0 Å². The molecule has 0 aromatic heterocycles. The molecule has 0 amide bonds. The van der Waals surface area contributed by atoms with E-state index in [1.807, 2.05) is 4.90 Å². The first-order valence-electron chi connectivity index (χ1n) is 7.08. The van der Waals surface area contributed by atoms with Crippen LogP contribution in [0.3, 0.4) is 0 Å². The molecule has 1 aliphatic heterocycles. The molecule has 0 bridgehead atoms. The van der Waals surface area contributed by atoms with E-state index in [9.17, 15) is 23.3 Å². The highest BCUT2D eigenvalue weighted by molar-refractivity contribution is 6.31. The van der Waals surface area contributed by atoms with Crippen molar-refractivity contribution in [1.29, 1.82) is 0 Å². The largest absolute Gasteiger partial charge is 0.416 e. The molecule has 0 saturated heterocycles. The smallest absolute Gasteiger partial charge is 0.291 e. The first-order chi connectivity index (χ1) is 11.2. The van der Waals surface area contributed by atoms with Gasteiger partial charge in [0.2, 0.25) is 0 Å². The molecule has 0 aliphatic carbocycles. The Hall–Kier alpha value is -2.12. The van der Waals surface area contributed by atoms with Gasteiger partial charge in [-0.25, -0.2) is 0 Å². The van der Waals surface area contributed by atoms with Gasteiger partial charge in [0, 0.05) is 31.8 Å². The zero-order valence-corrected chi connectivity index (χ0v) is 13.1. The number of hydrogen-bond acceptors (Lipinski definition) is 3. The summed E-state index contributed by atoms with van der Waals surface area (Å²) >= 11 is 6.07. The average Bonchev–Trinajstić information content (AvgIpc) is 2.89. The molecule has 0 saturated carbocycles. The highest BCUT2D eigenvalue weighted by Crippen LogP contribution is 2.34. The predicted molar refractivity (Wildman–Crippen MR) is 82.5 cm³/mol. The second kappa shape index (κ2) is 6.07. The number of nitro benzene ring substituents is 1. The standard InChI is InChI=1S/C16H12ClF3N2O2/c17-15-6-14(22(23)24)4-2-11(15)8-21-7-10-1-3-13(16(18,19)20)5-12(10)9-21/h1-6H,7-9H2. The van der Waals surface area contributed by atoms with E-state index in [1.165, 1.54) is 24.3 Å². The van der Waals surface area contributed by atoms with Crippen LogP contribution in [-0.4, -0.2) is 9.82 Å². The monoisotopic (exact) mass is 356 g/mol. The van der Waals surface area contributed by atoms with Crippen LogP contribution in [0.1, 0.15) is 22.3 Å². The summed E-state index contributed by atoms with van der Waals surface area (Å²) in [5.41, 5.74) is 1.44. The molecular formula is C16H12ClF3N2O2. The maximum atomic E-state index is 12.8. The molecule has 0 radical (unpaired) electrons. The molecule has 8 heteroatoms. The maximum Gasteiger partial charge on any atom is 0.416 e. The number of nitro groups is 1. The van der Waals surface area contributed by atoms with Crippen LogP contribution in [0.4, 0.5) is 18.9 Å². The van der Waals surface area contributed by atoms with Gasteiger partial charge in [0.25, 0.3) is 5.69 Å². The Labute approximate surface area is 140 Å². The average molecular weight is 357 g/mol. The van der Waals surface area contributed by atoms with E-state index >= 15 is 0 Å². The molecular weight excluding hydrogens is 345 g/mol. The third-order valence-corrected chi connectivity index (χ3v) is 4.31. The summed E-state index contributed by atoms with van der Waals surface area (Å²) in [7, 11) is 0. The summed E-state index contributed by atoms with van der Waals surface area (Å²) in [5, 5.41) is 11.0. The molecule has 1 heterocycles. The van der Waals surface area contributed by atoms with E-state index in [4.69, 9.17) is 11.6 Å². The number of fused-ring (bicyclic) bond motifs is 1. The van der Waals surface area contributed by atoms with E-state index in [0.717, 1.165) is 11.6 Å². The Kier molecular flexibility index (Phi) is 4.23. The Morgan fingerprint density at radius 2 is 1.83 bits per heavy atom. The summed E-state index contributed by atoms with van der Waals surface area (Å²) in [6.07, 6.45) is -4.36. The first-order valence-corrected chi connectivity index (χ1v) is 7.46. The summed E-state index contributed by atoms with van der Waals surface area (Å²) in [6, 6.07) is 7.97. The number of hydrogen-bond donors (Lipinski definition) is 0. The molecule has 126 valence electrons. The summed E-state index contributed by atoms with van der Waals surface area (Å²) in [5.74, 6) is 0. The van der Waals surface area contributed by atoms with Gasteiger partial charge in [-0.15, -0.1) is 0 Å². The number of alkyl halides is 3. The summed E-state index contributed by atoms with van der Waals surface area (Å²) < 4.78 is 38.3. The fourth-order valence-electron chi connectivity index (χ4n) is 2.77. The minimum absolute atomic E-state index is 0.0942. The van der Waals surface area contributed by atoms with Crippen LogP contribution in [0.5, 0.6) is 0 Å². The third-order valence-electron chi connectivity index (χ3n) is 3.96. The number of rotatable bonds is 3. The maximum absolute atomic E-state index is 12.8. The van der Waals surface area contributed by atoms with Gasteiger partial charge in [-0.3, -0.25) is 15.0 Å². The molecule has 1 aliphatic rings. The van der Waals surface area contributed by atoms with Gasteiger partial charge in [-0.1, -0.05) is 17.7 Å². The van der Waals surface area contributed by atoms with Crippen molar-refractivity contribution in [2.24, 2.45) is 0 Å². The van der Waals surface area contributed by atoms with E-state index in [-0.39, 0.29) is 10.7 Å². The van der Waals surface area contributed by atoms with Crippen LogP contribution in [0.25, 0.3) is 0 Å². The van der Waals surface area contributed by atoms with Crippen molar-refractivity contribution in [2.45, 2.75) is 25.8 Å². The van der Waals surface area contributed by atoms with Crippen molar-refractivity contribution in [3.05, 3.63) is 73.8 Å². The second-order valence-electron chi connectivity index (χ2n) is 5.66. The Bertz CT molecular complexity index is 808. The molecule has 3 rings (SSSR count). The molecule has 2 aromatic carbocycles. The topological polar surface area (TPSA) is 46.4 Å². The van der Waals surface area contributed by atoms with Crippen LogP contribution < -0.4 is 0 Å². The van der Waals surface area contributed by atoms with Crippen molar-refractivity contribution < 1.29 is 18.1 Å². The molecule has 0 atom stereocenters. The van der Waals surface area contributed by atoms with Gasteiger partial charge in [-0.2, -0.15) is 13.2 Å². The van der Waals surface area contributed by atoms with Crippen LogP contribution in [-0.2, 0) is 25.8 Å². The lowest BCUT2D eigenvalue weighted by Crippen LogP contribution is -2.15. The van der Waals surface area contributed by atoms with E-state index < -0.39 is 16.7 Å². The Balaban J connectivity index is 1.76. The fourth-order valence-corrected chi connectivity index (χ4v) is 3.01. The normalized spacial score (nSPS) is 14.7. The van der Waals surface area contributed by atoms with Crippen molar-refractivity contribution >= 4 is 17.3 Å². The van der Waals surface area contributed by atoms with E-state index in [1.54, 1.807) is 6.07 Å². The van der Waals surface area contributed by atoms with Gasteiger partial charge < -0.3 is 0 Å². The van der Waals surface area contributed by atoms with Gasteiger partial charge in [-0.05, 0) is 34.9 Å². The minimum Gasteiger partial charge on any atom is -0.291 e. The van der Waals surface area contributed by atoms with Gasteiger partial charge >= 0.3 is 6.18 Å². The molecule has 2 aromatic rings. The third kappa shape index (κ3) is 3.37. The lowest BCUT2D eigenvalue weighted by Gasteiger charge is -2.15.